The van der Waals surface area contributed by atoms with E-state index in [0.29, 0.717) is 0 Å². The van der Waals surface area contributed by atoms with Gasteiger partial charge in [-0.25, -0.2) is 4.98 Å². The summed E-state index contributed by atoms with van der Waals surface area (Å²) in [6, 6.07) is 8.28. The zero-order valence-electron chi connectivity index (χ0n) is 13.9. The molecule has 1 N–H and O–H groups in total. The first-order valence-corrected chi connectivity index (χ1v) is 8.95. The van der Waals surface area contributed by atoms with Crippen LogP contribution in [0.4, 0.5) is 11.4 Å². The van der Waals surface area contributed by atoms with Crippen LogP contribution in [0.3, 0.4) is 0 Å². The van der Waals surface area contributed by atoms with Gasteiger partial charge in [0.2, 0.25) is 5.91 Å². The lowest BCUT2D eigenvalue weighted by Gasteiger charge is -2.29. The second-order valence-corrected chi connectivity index (χ2v) is 6.81. The summed E-state index contributed by atoms with van der Waals surface area (Å²) in [4.78, 5) is 19.3. The van der Waals surface area contributed by atoms with Gasteiger partial charge in [-0.3, -0.25) is 4.79 Å². The molecule has 2 aromatic rings. The maximum Gasteiger partial charge on any atom is 0.228 e. The Hall–Kier alpha value is -2.30. The number of hydrogen-bond donors (Lipinski definition) is 1. The zero-order valence-corrected chi connectivity index (χ0v) is 13.9. The van der Waals surface area contributed by atoms with Crippen molar-refractivity contribution in [1.82, 2.24) is 9.55 Å². The highest BCUT2D eigenvalue weighted by molar-refractivity contribution is 5.92. The molecule has 2 aliphatic rings. The first kappa shape index (κ1) is 15.2. The maximum absolute atomic E-state index is 12.5. The fourth-order valence-electron chi connectivity index (χ4n) is 3.73. The summed E-state index contributed by atoms with van der Waals surface area (Å²) < 4.78 is 2.14. The van der Waals surface area contributed by atoms with Crippen molar-refractivity contribution in [3.05, 3.63) is 42.5 Å². The van der Waals surface area contributed by atoms with Crippen LogP contribution in [-0.2, 0) is 17.8 Å². The third-order valence-corrected chi connectivity index (χ3v) is 5.18. The van der Waals surface area contributed by atoms with E-state index < -0.39 is 0 Å². The summed E-state index contributed by atoms with van der Waals surface area (Å²) in [7, 11) is 0. The lowest BCUT2D eigenvalue weighted by molar-refractivity contribution is -0.120. The summed E-state index contributed by atoms with van der Waals surface area (Å²) >= 11 is 0. The van der Waals surface area contributed by atoms with Crippen molar-refractivity contribution < 1.29 is 4.79 Å². The molecule has 4 rings (SSSR count). The van der Waals surface area contributed by atoms with Crippen molar-refractivity contribution in [2.24, 2.45) is 5.92 Å². The van der Waals surface area contributed by atoms with E-state index in [1.807, 2.05) is 24.5 Å². The number of benzene rings is 1. The molecule has 1 fully saturated rings. The van der Waals surface area contributed by atoms with Gasteiger partial charge in [0.15, 0.2) is 0 Å². The predicted molar refractivity (Wildman–Crippen MR) is 95.2 cm³/mol. The normalized spacial score (nSPS) is 20.5. The van der Waals surface area contributed by atoms with Crippen LogP contribution in [0.5, 0.6) is 0 Å². The minimum atomic E-state index is 0.0154. The molecule has 2 aliphatic heterocycles. The van der Waals surface area contributed by atoms with Crippen LogP contribution in [-0.4, -0.2) is 28.5 Å². The highest BCUT2D eigenvalue weighted by atomic mass is 16.1. The van der Waals surface area contributed by atoms with Gasteiger partial charge in [0.05, 0.1) is 0 Å². The number of fused-ring (bicyclic) bond motifs is 1. The topological polar surface area (TPSA) is 50.2 Å². The summed E-state index contributed by atoms with van der Waals surface area (Å²) in [6.07, 6.45) is 9.29. The summed E-state index contributed by atoms with van der Waals surface area (Å²) in [6.45, 7) is 3.15. The lowest BCUT2D eigenvalue weighted by atomic mass is 9.97. The number of hydrogen-bond acceptors (Lipinski definition) is 3. The first-order valence-electron chi connectivity index (χ1n) is 8.95. The van der Waals surface area contributed by atoms with Crippen LogP contribution in [0, 0.1) is 5.92 Å². The summed E-state index contributed by atoms with van der Waals surface area (Å²) in [5, 5.41) is 3.07. The number of nitrogens with one attached hydrogen (secondary N) is 1. The van der Waals surface area contributed by atoms with Gasteiger partial charge in [-0.1, -0.05) is 0 Å². The zero-order chi connectivity index (χ0) is 16.4. The number of rotatable bonds is 3. The van der Waals surface area contributed by atoms with Crippen LogP contribution in [0.1, 0.15) is 31.5 Å². The molecule has 3 heterocycles. The molecule has 1 saturated heterocycles. The number of aromatic nitrogens is 2. The molecule has 0 spiro atoms. The predicted octanol–water partition coefficient (Wildman–Crippen LogP) is 3.07. The van der Waals surface area contributed by atoms with E-state index in [-0.39, 0.29) is 11.8 Å². The quantitative estimate of drug-likeness (QED) is 0.944. The van der Waals surface area contributed by atoms with Crippen LogP contribution < -0.4 is 10.2 Å². The monoisotopic (exact) mass is 324 g/mol. The number of amides is 1. The number of imidazole rings is 1. The maximum atomic E-state index is 12.5. The summed E-state index contributed by atoms with van der Waals surface area (Å²) in [5.74, 6) is 1.14. The third kappa shape index (κ3) is 3.16. The van der Waals surface area contributed by atoms with Crippen LogP contribution in [0.2, 0.25) is 0 Å². The Balaban J connectivity index is 1.37. The Morgan fingerprint density at radius 1 is 1.08 bits per heavy atom. The Morgan fingerprint density at radius 2 is 1.88 bits per heavy atom. The Labute approximate surface area is 142 Å². The Bertz CT molecular complexity index is 700. The van der Waals surface area contributed by atoms with E-state index in [9.17, 15) is 4.79 Å². The standard InChI is InChI=1S/C19H24N4O/c24-19(15-8-12-23-13-9-20-18(23)14-15)21-16-4-6-17(7-5-16)22-10-2-1-3-11-22/h4-7,9,13,15H,1-3,8,10-12,14H2,(H,21,24). The van der Waals surface area contributed by atoms with Gasteiger partial charge in [0, 0.05) is 55.7 Å². The average Bonchev–Trinajstić information content (AvgIpc) is 3.11. The van der Waals surface area contributed by atoms with E-state index in [0.717, 1.165) is 44.0 Å². The molecule has 0 saturated carbocycles. The average molecular weight is 324 g/mol. The minimum Gasteiger partial charge on any atom is -0.372 e. The van der Waals surface area contributed by atoms with Gasteiger partial charge in [-0.05, 0) is 49.9 Å². The molecular formula is C19H24N4O. The number of anilines is 2. The van der Waals surface area contributed by atoms with Crippen molar-refractivity contribution in [3.8, 4) is 0 Å². The van der Waals surface area contributed by atoms with Crippen LogP contribution >= 0.6 is 0 Å². The molecule has 1 aromatic heterocycles. The van der Waals surface area contributed by atoms with E-state index in [1.54, 1.807) is 0 Å². The van der Waals surface area contributed by atoms with Crippen molar-refractivity contribution in [2.75, 3.05) is 23.3 Å². The van der Waals surface area contributed by atoms with E-state index in [1.165, 1.54) is 24.9 Å². The molecule has 126 valence electrons. The van der Waals surface area contributed by atoms with E-state index in [2.05, 4.69) is 31.9 Å². The SMILES string of the molecule is O=C(Nc1ccc(N2CCCCC2)cc1)C1CCn2ccnc2C1. The Morgan fingerprint density at radius 3 is 2.67 bits per heavy atom. The van der Waals surface area contributed by atoms with Gasteiger partial charge in [0.25, 0.3) is 0 Å². The van der Waals surface area contributed by atoms with Crippen molar-refractivity contribution in [3.63, 3.8) is 0 Å². The van der Waals surface area contributed by atoms with Gasteiger partial charge in [-0.15, -0.1) is 0 Å². The van der Waals surface area contributed by atoms with Gasteiger partial charge >= 0.3 is 0 Å². The summed E-state index contributed by atoms with van der Waals surface area (Å²) in [5.41, 5.74) is 2.14. The molecular weight excluding hydrogens is 300 g/mol. The molecule has 1 aromatic carbocycles. The van der Waals surface area contributed by atoms with Gasteiger partial charge in [-0.2, -0.15) is 0 Å². The fraction of sp³-hybridized carbons (Fsp3) is 0.474. The molecule has 0 bridgehead atoms. The molecule has 24 heavy (non-hydrogen) atoms. The highest BCUT2D eigenvalue weighted by Gasteiger charge is 2.25. The van der Waals surface area contributed by atoms with Crippen molar-refractivity contribution in [1.29, 1.82) is 0 Å². The van der Waals surface area contributed by atoms with E-state index >= 15 is 0 Å². The molecule has 1 unspecified atom stereocenters. The van der Waals surface area contributed by atoms with Crippen molar-refractivity contribution >= 4 is 17.3 Å². The first-order chi connectivity index (χ1) is 11.8. The smallest absolute Gasteiger partial charge is 0.228 e. The number of carbonyl (C=O) groups is 1. The second-order valence-electron chi connectivity index (χ2n) is 6.81. The molecule has 5 heteroatoms. The highest BCUT2D eigenvalue weighted by Crippen LogP contribution is 2.24. The number of aryl methyl sites for hydroxylation is 1. The number of nitrogens with zero attached hydrogens (tertiary/aromatic N) is 3. The number of carbonyl (C=O) groups excluding carboxylic acids is 1. The molecule has 1 amide bonds. The molecule has 1 atom stereocenters. The minimum absolute atomic E-state index is 0.0154. The largest absolute Gasteiger partial charge is 0.372 e. The fourth-order valence-corrected chi connectivity index (χ4v) is 3.73. The van der Waals surface area contributed by atoms with Crippen LogP contribution in [0.15, 0.2) is 36.7 Å². The Kier molecular flexibility index (Phi) is 4.24. The van der Waals surface area contributed by atoms with Crippen LogP contribution in [0.25, 0.3) is 0 Å². The third-order valence-electron chi connectivity index (χ3n) is 5.18. The lowest BCUT2D eigenvalue weighted by Crippen LogP contribution is -2.30. The van der Waals surface area contributed by atoms with Crippen molar-refractivity contribution in [2.45, 2.75) is 38.6 Å². The number of piperidine rings is 1. The second kappa shape index (κ2) is 6.67. The molecule has 0 aliphatic carbocycles. The van der Waals surface area contributed by atoms with Gasteiger partial charge in [0.1, 0.15) is 5.82 Å². The van der Waals surface area contributed by atoms with Gasteiger partial charge < -0.3 is 14.8 Å². The van der Waals surface area contributed by atoms with E-state index in [4.69, 9.17) is 0 Å². The molecule has 5 nitrogen and oxygen atoms in total. The molecule has 0 radical (unpaired) electrons.